The summed E-state index contributed by atoms with van der Waals surface area (Å²) < 4.78 is 68.8. The van der Waals surface area contributed by atoms with Gasteiger partial charge in [0.25, 0.3) is 0 Å². The van der Waals surface area contributed by atoms with E-state index in [4.69, 9.17) is 37.0 Å². The van der Waals surface area contributed by atoms with E-state index in [0.29, 0.717) is 25.7 Å². The Bertz CT molecular complexity index is 1990. The number of phosphoric ester groups is 2. The van der Waals surface area contributed by atoms with Crippen LogP contribution < -0.4 is 0 Å². The maximum absolute atomic E-state index is 13.1. The molecule has 0 fully saturated rings. The van der Waals surface area contributed by atoms with E-state index in [1.54, 1.807) is 0 Å². The van der Waals surface area contributed by atoms with E-state index in [9.17, 15) is 43.2 Å². The number of aliphatic hydroxyl groups is 1. The summed E-state index contributed by atoms with van der Waals surface area (Å²) in [6, 6.07) is 0. The average Bonchev–Trinajstić information content (AvgIpc) is 0.909. The summed E-state index contributed by atoms with van der Waals surface area (Å²) in [7, 11) is -9.93. The minimum atomic E-state index is -4.96. The summed E-state index contributed by atoms with van der Waals surface area (Å²) in [5, 5.41) is 10.7. The van der Waals surface area contributed by atoms with Crippen LogP contribution in [0.3, 0.4) is 0 Å². The molecular formula is C84H164O17P2. The van der Waals surface area contributed by atoms with Crippen LogP contribution in [0, 0.1) is 17.8 Å². The van der Waals surface area contributed by atoms with Gasteiger partial charge in [-0.25, -0.2) is 9.13 Å². The third-order valence-electron chi connectivity index (χ3n) is 20.0. The van der Waals surface area contributed by atoms with E-state index in [-0.39, 0.29) is 25.7 Å². The maximum atomic E-state index is 13.1. The standard InChI is InChI=1S/C84H164O17P2/c1-8-10-11-12-13-14-15-16-21-29-34-39-44-53-60-68-84(89)101-80(72-95-82(87)66-59-52-47-46-50-57-64-77(7)9-2)74-99-103(92,93)97-70-78(85)69-96-102(90,91)98-73-79(71-94-81(86)65-58-51-43-38-33-28-25-24-27-32-37-42-49-56-63-76(5)6)100-83(88)67-61-54-45-40-35-30-23-20-18-17-19-22-26-31-36-41-48-55-62-75(3)4/h75-80,85H,8-74H2,1-7H3,(H,90,91)(H,92,93)/t77?,78-,79-,80-/m1/s1. The maximum Gasteiger partial charge on any atom is 0.472 e. The number of aliphatic hydroxyl groups excluding tert-OH is 1. The number of hydrogen-bond acceptors (Lipinski definition) is 15. The smallest absolute Gasteiger partial charge is 0.462 e. The van der Waals surface area contributed by atoms with E-state index in [1.807, 2.05) is 0 Å². The molecule has 19 heteroatoms. The molecule has 0 saturated heterocycles. The molecule has 17 nitrogen and oxygen atoms in total. The van der Waals surface area contributed by atoms with Gasteiger partial charge in [-0.3, -0.25) is 37.3 Å². The molecule has 0 aliphatic rings. The molecule has 0 aromatic rings. The number of hydrogen-bond donors (Lipinski definition) is 3. The van der Waals surface area contributed by atoms with Gasteiger partial charge in [0.15, 0.2) is 12.2 Å². The molecule has 0 aromatic carbocycles. The zero-order chi connectivity index (χ0) is 75.8. The van der Waals surface area contributed by atoms with Crippen molar-refractivity contribution in [3.8, 4) is 0 Å². The van der Waals surface area contributed by atoms with Crippen molar-refractivity contribution >= 4 is 39.5 Å². The van der Waals surface area contributed by atoms with Crippen LogP contribution in [-0.4, -0.2) is 96.7 Å². The summed E-state index contributed by atoms with van der Waals surface area (Å²) in [5.41, 5.74) is 0. The molecule has 103 heavy (non-hydrogen) atoms. The second-order valence-electron chi connectivity index (χ2n) is 31.4. The molecule has 0 aromatic heterocycles. The van der Waals surface area contributed by atoms with Crippen LogP contribution in [0.2, 0.25) is 0 Å². The molecule has 0 aliphatic carbocycles. The van der Waals surface area contributed by atoms with Gasteiger partial charge in [-0.05, 0) is 43.4 Å². The zero-order valence-electron chi connectivity index (χ0n) is 67.8. The summed E-state index contributed by atoms with van der Waals surface area (Å²) in [6.45, 7) is 12.0. The van der Waals surface area contributed by atoms with Gasteiger partial charge in [-0.2, -0.15) is 0 Å². The van der Waals surface area contributed by atoms with Gasteiger partial charge >= 0.3 is 39.5 Å². The van der Waals surface area contributed by atoms with Crippen LogP contribution in [0.5, 0.6) is 0 Å². The second-order valence-corrected chi connectivity index (χ2v) is 34.3. The summed E-state index contributed by atoms with van der Waals surface area (Å²) in [6.07, 6.45) is 63.9. The fourth-order valence-electron chi connectivity index (χ4n) is 13.0. The SMILES string of the molecule is CCCCCCCCCCCCCCCCCC(=O)O[C@H](COC(=O)CCCCCCCCC(C)CC)COP(=O)(O)OC[C@H](O)COP(=O)(O)OC[C@@H](COC(=O)CCCCCCCCCCCCCCCCC(C)C)OC(=O)CCCCCCCCCCCCCCCCCCCCC(C)C. The predicted octanol–water partition coefficient (Wildman–Crippen LogP) is 25.3. The van der Waals surface area contributed by atoms with Crippen molar-refractivity contribution in [2.45, 2.75) is 458 Å². The number of esters is 4. The molecule has 0 amide bonds. The molecule has 0 spiro atoms. The number of carbonyl (C=O) groups is 4. The van der Waals surface area contributed by atoms with Crippen LogP contribution in [0.15, 0.2) is 0 Å². The lowest BCUT2D eigenvalue weighted by atomic mass is 10.00. The normalized spacial score (nSPS) is 14.2. The largest absolute Gasteiger partial charge is 0.472 e. The van der Waals surface area contributed by atoms with Crippen molar-refractivity contribution in [3.05, 3.63) is 0 Å². The van der Waals surface area contributed by atoms with Crippen LogP contribution in [-0.2, 0) is 65.4 Å². The highest BCUT2D eigenvalue weighted by molar-refractivity contribution is 7.47. The average molecular weight is 1510 g/mol. The number of rotatable bonds is 82. The van der Waals surface area contributed by atoms with E-state index in [2.05, 4.69) is 48.5 Å². The Labute approximate surface area is 632 Å². The van der Waals surface area contributed by atoms with Gasteiger partial charge in [-0.15, -0.1) is 0 Å². The summed E-state index contributed by atoms with van der Waals surface area (Å²) >= 11 is 0. The first-order valence-corrected chi connectivity index (χ1v) is 46.4. The quantitative estimate of drug-likeness (QED) is 0.0222. The van der Waals surface area contributed by atoms with Crippen molar-refractivity contribution < 1.29 is 80.2 Å². The van der Waals surface area contributed by atoms with Gasteiger partial charge in [0.1, 0.15) is 19.3 Å². The molecule has 0 aliphatic heterocycles. The molecule has 0 rings (SSSR count). The molecular weight excluding hydrogens is 1340 g/mol. The third-order valence-corrected chi connectivity index (χ3v) is 21.9. The minimum absolute atomic E-state index is 0.107. The van der Waals surface area contributed by atoms with Crippen molar-refractivity contribution in [1.82, 2.24) is 0 Å². The van der Waals surface area contributed by atoms with Crippen molar-refractivity contribution in [1.29, 1.82) is 0 Å². The molecule has 0 bridgehead atoms. The predicted molar refractivity (Wildman–Crippen MR) is 423 cm³/mol. The lowest BCUT2D eigenvalue weighted by Gasteiger charge is -2.21. The first kappa shape index (κ1) is 101. The first-order chi connectivity index (χ1) is 49.8. The lowest BCUT2D eigenvalue weighted by molar-refractivity contribution is -0.161. The first-order valence-electron chi connectivity index (χ1n) is 43.4. The topological polar surface area (TPSA) is 237 Å². The Morgan fingerprint density at radius 3 is 0.738 bits per heavy atom. The summed E-state index contributed by atoms with van der Waals surface area (Å²) in [4.78, 5) is 73.1. The minimum Gasteiger partial charge on any atom is -0.462 e. The van der Waals surface area contributed by atoms with Gasteiger partial charge in [0.05, 0.1) is 26.4 Å². The van der Waals surface area contributed by atoms with Crippen molar-refractivity contribution in [2.24, 2.45) is 17.8 Å². The number of phosphoric acid groups is 2. The van der Waals surface area contributed by atoms with Crippen LogP contribution in [0.1, 0.15) is 440 Å². The highest BCUT2D eigenvalue weighted by Crippen LogP contribution is 2.45. The van der Waals surface area contributed by atoms with E-state index < -0.39 is 97.5 Å². The third kappa shape index (κ3) is 76.6. The Balaban J connectivity index is 5.23. The van der Waals surface area contributed by atoms with E-state index >= 15 is 0 Å². The fraction of sp³-hybridized carbons (Fsp3) is 0.952. The van der Waals surface area contributed by atoms with Crippen LogP contribution in [0.25, 0.3) is 0 Å². The van der Waals surface area contributed by atoms with Crippen molar-refractivity contribution in [3.63, 3.8) is 0 Å². The van der Waals surface area contributed by atoms with Crippen LogP contribution in [0.4, 0.5) is 0 Å². The molecule has 6 atom stereocenters. The van der Waals surface area contributed by atoms with Gasteiger partial charge in [0.2, 0.25) is 0 Å². The zero-order valence-corrected chi connectivity index (χ0v) is 69.6. The van der Waals surface area contributed by atoms with Gasteiger partial charge in [-0.1, -0.05) is 389 Å². The molecule has 0 heterocycles. The lowest BCUT2D eigenvalue weighted by Crippen LogP contribution is -2.30. The number of ether oxygens (including phenoxy) is 4. The Kier molecular flexibility index (Phi) is 72.8. The molecule has 3 unspecified atom stereocenters. The monoisotopic (exact) mass is 1510 g/mol. The Morgan fingerprint density at radius 2 is 0.495 bits per heavy atom. The Hall–Kier alpha value is -1.94. The van der Waals surface area contributed by atoms with Gasteiger partial charge in [0, 0.05) is 25.7 Å². The van der Waals surface area contributed by atoms with Crippen molar-refractivity contribution in [2.75, 3.05) is 39.6 Å². The van der Waals surface area contributed by atoms with Crippen LogP contribution >= 0.6 is 15.6 Å². The molecule has 612 valence electrons. The highest BCUT2D eigenvalue weighted by Gasteiger charge is 2.30. The van der Waals surface area contributed by atoms with E-state index in [1.165, 1.54) is 244 Å². The fourth-order valence-corrected chi connectivity index (χ4v) is 14.6. The molecule has 0 saturated carbocycles. The molecule has 0 radical (unpaired) electrons. The second kappa shape index (κ2) is 74.2. The van der Waals surface area contributed by atoms with E-state index in [0.717, 1.165) is 114 Å². The Morgan fingerprint density at radius 1 is 0.282 bits per heavy atom. The number of unbranched alkanes of at least 4 members (excludes halogenated alkanes) is 49. The molecule has 3 N–H and O–H groups in total. The number of carbonyl (C=O) groups excluding carboxylic acids is 4. The highest BCUT2D eigenvalue weighted by atomic mass is 31.2. The van der Waals surface area contributed by atoms with Gasteiger partial charge < -0.3 is 33.8 Å². The summed E-state index contributed by atoms with van der Waals surface area (Å²) in [5.74, 6) is 0.243.